The van der Waals surface area contributed by atoms with Crippen molar-refractivity contribution in [3.8, 4) is 11.3 Å². The van der Waals surface area contributed by atoms with Gasteiger partial charge < -0.3 is 0 Å². The number of rotatable bonds is 3. The van der Waals surface area contributed by atoms with E-state index in [9.17, 15) is 0 Å². The summed E-state index contributed by atoms with van der Waals surface area (Å²) in [7, 11) is 2.22. The normalized spacial score (nSPS) is 13.3. The number of benzene rings is 4. The van der Waals surface area contributed by atoms with E-state index in [0.717, 1.165) is 6.42 Å². The van der Waals surface area contributed by atoms with Gasteiger partial charge in [0.25, 0.3) is 0 Å². The van der Waals surface area contributed by atoms with Gasteiger partial charge in [-0.1, -0.05) is 0 Å². The number of fused-ring (bicyclic) bond motifs is 5. The molecule has 1 aliphatic heterocycles. The van der Waals surface area contributed by atoms with Crippen molar-refractivity contribution < 1.29 is 4.57 Å². The van der Waals surface area contributed by atoms with E-state index in [2.05, 4.69) is 110 Å². The summed E-state index contributed by atoms with van der Waals surface area (Å²) in [4.78, 5) is 2.87. The van der Waals surface area contributed by atoms with Gasteiger partial charge in [0, 0.05) is 0 Å². The second kappa shape index (κ2) is 8.11. The molecular formula is C32H34GeNS+. The van der Waals surface area contributed by atoms with Crippen LogP contribution in [-0.4, -0.2) is 13.3 Å². The fourth-order valence-corrected chi connectivity index (χ4v) is 9.72. The third-order valence-corrected chi connectivity index (χ3v) is 13.1. The van der Waals surface area contributed by atoms with Crippen LogP contribution in [-0.2, 0) is 13.5 Å². The molecule has 0 atom stereocenters. The maximum absolute atomic E-state index is 2.49. The molecule has 0 unspecified atom stereocenters. The number of pyridine rings is 1. The average molecular weight is 537 g/mol. The second-order valence-corrected chi connectivity index (χ2v) is 23.4. The molecule has 0 aliphatic carbocycles. The third kappa shape index (κ3) is 3.55. The first-order chi connectivity index (χ1) is 16.6. The van der Waals surface area contributed by atoms with Crippen molar-refractivity contribution >= 4 is 61.7 Å². The van der Waals surface area contributed by atoms with Gasteiger partial charge in [0.15, 0.2) is 0 Å². The predicted molar refractivity (Wildman–Crippen MR) is 156 cm³/mol. The molecule has 0 saturated carbocycles. The topological polar surface area (TPSA) is 3.88 Å². The van der Waals surface area contributed by atoms with Crippen LogP contribution in [0.4, 0.5) is 0 Å². The summed E-state index contributed by atoms with van der Waals surface area (Å²) in [5, 5.41) is 8.39. The molecule has 2 heterocycles. The monoisotopic (exact) mass is 538 g/mol. The Hall–Kier alpha value is -2.30. The number of hydrogen-bond acceptors (Lipinski definition) is 1. The summed E-state index contributed by atoms with van der Waals surface area (Å²) in [6.45, 7) is 7.01. The van der Waals surface area contributed by atoms with Crippen LogP contribution in [0.1, 0.15) is 25.0 Å². The summed E-state index contributed by atoms with van der Waals surface area (Å²) in [5.74, 6) is 8.07. The van der Waals surface area contributed by atoms with Gasteiger partial charge in [-0.15, -0.1) is 0 Å². The van der Waals surface area contributed by atoms with Gasteiger partial charge >= 0.3 is 217 Å². The molecule has 0 fully saturated rings. The predicted octanol–water partition coefficient (Wildman–Crippen LogP) is 8.15. The number of hydrogen-bond donors (Lipinski definition) is 0. The van der Waals surface area contributed by atoms with Crippen molar-refractivity contribution in [2.45, 2.75) is 54.3 Å². The van der Waals surface area contributed by atoms with Crippen LogP contribution in [0.3, 0.4) is 0 Å². The van der Waals surface area contributed by atoms with Crippen molar-refractivity contribution in [1.29, 1.82) is 0 Å². The molecule has 176 valence electrons. The molecule has 1 aliphatic rings. The zero-order chi connectivity index (χ0) is 24.6. The Balaban J connectivity index is 1.77. The summed E-state index contributed by atoms with van der Waals surface area (Å²) in [6, 6.07) is 21.1. The third-order valence-electron chi connectivity index (χ3n) is 7.66. The van der Waals surface area contributed by atoms with Crippen molar-refractivity contribution in [1.82, 2.24) is 0 Å². The van der Waals surface area contributed by atoms with E-state index in [1.807, 2.05) is 11.8 Å². The summed E-state index contributed by atoms with van der Waals surface area (Å²) in [5.41, 5.74) is 5.73. The Labute approximate surface area is 215 Å². The zero-order valence-corrected chi connectivity index (χ0v) is 24.8. The molecule has 1 aromatic heterocycles. The maximum atomic E-state index is 2.49. The zero-order valence-electron chi connectivity index (χ0n) is 21.9. The first-order valence-electron chi connectivity index (χ1n) is 12.8. The number of aryl methyl sites for hydroxylation is 2. The van der Waals surface area contributed by atoms with Crippen LogP contribution in [0.2, 0.25) is 17.3 Å². The fourth-order valence-electron chi connectivity index (χ4n) is 5.88. The molecule has 0 amide bonds. The summed E-state index contributed by atoms with van der Waals surface area (Å²) in [6.07, 6.45) is 3.37. The minimum atomic E-state index is -1.92. The Morgan fingerprint density at radius 2 is 1.63 bits per heavy atom. The van der Waals surface area contributed by atoms with E-state index < -0.39 is 13.3 Å². The van der Waals surface area contributed by atoms with Crippen molar-refractivity contribution in [3.05, 3.63) is 71.9 Å². The van der Waals surface area contributed by atoms with E-state index in [1.54, 1.807) is 4.40 Å². The number of nitrogens with zero attached hydrogens (tertiary/aromatic N) is 1. The molecule has 0 spiro atoms. The van der Waals surface area contributed by atoms with Crippen LogP contribution in [0.5, 0.6) is 0 Å². The van der Waals surface area contributed by atoms with Gasteiger partial charge in [-0.25, -0.2) is 0 Å². The van der Waals surface area contributed by atoms with Crippen molar-refractivity contribution in [2.75, 3.05) is 0 Å². The molecule has 0 saturated heterocycles. The molecule has 3 heteroatoms. The SMILES string of the molecule is Cc1c2c(c(CC(C)C)c3ccccc13)Sc1cc3c[c]([Ge]([CH3])([CH3])[CH3])ccc3c3cc[n+](C)c-2c13. The van der Waals surface area contributed by atoms with Gasteiger partial charge in [-0.2, -0.15) is 0 Å². The van der Waals surface area contributed by atoms with Gasteiger partial charge in [-0.05, 0) is 0 Å². The van der Waals surface area contributed by atoms with Crippen molar-refractivity contribution in [2.24, 2.45) is 13.0 Å². The van der Waals surface area contributed by atoms with Crippen LogP contribution in [0, 0.1) is 12.8 Å². The number of aromatic nitrogens is 1. The van der Waals surface area contributed by atoms with Gasteiger partial charge in [0.1, 0.15) is 0 Å². The Morgan fingerprint density at radius 3 is 2.34 bits per heavy atom. The van der Waals surface area contributed by atoms with Gasteiger partial charge in [-0.3, -0.25) is 0 Å². The van der Waals surface area contributed by atoms with E-state index in [0.29, 0.717) is 5.92 Å². The first kappa shape index (κ1) is 23.1. The Bertz CT molecular complexity index is 1670. The van der Waals surface area contributed by atoms with E-state index >= 15 is 0 Å². The molecule has 4 aromatic carbocycles. The molecule has 6 rings (SSSR count). The second-order valence-electron chi connectivity index (χ2n) is 11.7. The fraction of sp³-hybridized carbons (Fsp3) is 0.281. The summed E-state index contributed by atoms with van der Waals surface area (Å²) >= 11 is 0.0942. The standard InChI is InChI=1S/C32H34GeNS/c1-19(2)16-27-25-11-9-8-10-23(25)20(3)29-31-30-26(14-15-34(31)7)24-13-12-22(33(4,5)6)17-21(24)18-28(30)35-32(27)29/h8-15,17-19H,16H2,1-7H3/q+1. The molecule has 35 heavy (non-hydrogen) atoms. The molecule has 0 radical (unpaired) electrons. The van der Waals surface area contributed by atoms with Crippen LogP contribution < -0.4 is 8.96 Å². The molecule has 0 N–H and O–H groups in total. The van der Waals surface area contributed by atoms with Crippen LogP contribution in [0.15, 0.2) is 70.6 Å². The van der Waals surface area contributed by atoms with E-state index in [-0.39, 0.29) is 0 Å². The molecule has 1 nitrogen and oxygen atoms in total. The Kier molecular flexibility index (Phi) is 5.36. The quantitative estimate of drug-likeness (QED) is 0.125. The molecule has 0 bridgehead atoms. The van der Waals surface area contributed by atoms with Crippen LogP contribution in [0.25, 0.3) is 43.6 Å². The molecule has 5 aromatic rings. The first-order valence-corrected chi connectivity index (χ1v) is 20.9. The van der Waals surface area contributed by atoms with Crippen molar-refractivity contribution in [3.63, 3.8) is 0 Å². The minimum absolute atomic E-state index is 0.606. The van der Waals surface area contributed by atoms with Gasteiger partial charge in [0.05, 0.1) is 0 Å². The Morgan fingerprint density at radius 1 is 0.886 bits per heavy atom. The average Bonchev–Trinajstić information content (AvgIpc) is 2.81. The molecular weight excluding hydrogens is 503 g/mol. The van der Waals surface area contributed by atoms with Gasteiger partial charge in [0.2, 0.25) is 0 Å². The summed E-state index contributed by atoms with van der Waals surface area (Å²) < 4.78 is 3.94. The van der Waals surface area contributed by atoms with E-state index in [1.165, 1.54) is 64.5 Å². The van der Waals surface area contributed by atoms with Crippen LogP contribution >= 0.6 is 11.8 Å². The van der Waals surface area contributed by atoms with E-state index in [4.69, 9.17) is 0 Å².